The number of methoxy groups -OCH3 is 2. The van der Waals surface area contributed by atoms with Crippen molar-refractivity contribution in [2.24, 2.45) is 0 Å². The van der Waals surface area contributed by atoms with Crippen molar-refractivity contribution >= 4 is 18.1 Å². The average molecular weight is 398 g/mol. The summed E-state index contributed by atoms with van der Waals surface area (Å²) in [6.45, 7) is 0.342. The maximum Gasteiger partial charge on any atom is 0.425 e. The molecule has 0 bridgehead atoms. The highest BCUT2D eigenvalue weighted by atomic mass is 16.6. The Morgan fingerprint density at radius 2 is 1.79 bits per heavy atom. The van der Waals surface area contributed by atoms with E-state index in [1.54, 1.807) is 12.1 Å². The lowest BCUT2D eigenvalue weighted by molar-refractivity contribution is -0.125. The van der Waals surface area contributed by atoms with E-state index in [1.807, 2.05) is 36.4 Å². The topological polar surface area (TPSA) is 94.2 Å². The van der Waals surface area contributed by atoms with Crippen molar-refractivity contribution in [3.8, 4) is 11.5 Å². The second-order valence-electron chi connectivity index (χ2n) is 6.51. The maximum atomic E-state index is 12.3. The number of benzene rings is 2. The van der Waals surface area contributed by atoms with Crippen LogP contribution in [-0.4, -0.2) is 43.8 Å². The monoisotopic (exact) mass is 398 g/mol. The van der Waals surface area contributed by atoms with Crippen LogP contribution in [-0.2, 0) is 16.1 Å². The van der Waals surface area contributed by atoms with Gasteiger partial charge in [0, 0.05) is 25.4 Å². The zero-order valence-corrected chi connectivity index (χ0v) is 16.2. The van der Waals surface area contributed by atoms with E-state index >= 15 is 0 Å². The van der Waals surface area contributed by atoms with Crippen molar-refractivity contribution < 1.29 is 28.6 Å². The van der Waals surface area contributed by atoms with E-state index in [2.05, 4.69) is 5.32 Å². The SMILES string of the molecule is COc1ccc(C2CC(=O)N(C(=O)OC(=O)NCc3ccccc3)C2)cc1OC. The standard InChI is InChI=1S/C21H22N2O6/c1-27-17-9-8-15(10-18(17)28-2)16-11-19(24)23(13-16)21(26)29-20(25)22-12-14-6-4-3-5-7-14/h3-10,16H,11-13H2,1-2H3,(H,22,25). The number of rotatable bonds is 5. The predicted octanol–water partition coefficient (Wildman–Crippen LogP) is 3.07. The van der Waals surface area contributed by atoms with Gasteiger partial charge in [0.05, 0.1) is 14.2 Å². The summed E-state index contributed by atoms with van der Waals surface area (Å²) in [5.74, 6) is 0.499. The van der Waals surface area contributed by atoms with E-state index in [4.69, 9.17) is 14.2 Å². The van der Waals surface area contributed by atoms with Crippen LogP contribution >= 0.6 is 0 Å². The van der Waals surface area contributed by atoms with E-state index in [-0.39, 0.29) is 25.4 Å². The number of carbonyl (C=O) groups is 3. The second-order valence-corrected chi connectivity index (χ2v) is 6.51. The number of carbonyl (C=O) groups excluding carboxylic acids is 3. The van der Waals surface area contributed by atoms with Crippen molar-refractivity contribution in [2.45, 2.75) is 18.9 Å². The molecule has 0 saturated carbocycles. The Kier molecular flexibility index (Phi) is 6.33. The van der Waals surface area contributed by atoms with E-state index in [0.717, 1.165) is 16.0 Å². The molecule has 29 heavy (non-hydrogen) atoms. The van der Waals surface area contributed by atoms with Gasteiger partial charge in [0.15, 0.2) is 11.5 Å². The lowest BCUT2D eigenvalue weighted by atomic mass is 9.98. The second kappa shape index (κ2) is 9.09. The number of imide groups is 1. The van der Waals surface area contributed by atoms with E-state index in [0.29, 0.717) is 11.5 Å². The number of hydrogen-bond acceptors (Lipinski definition) is 6. The molecule has 0 aromatic heterocycles. The summed E-state index contributed by atoms with van der Waals surface area (Å²) in [5.41, 5.74) is 1.70. The minimum Gasteiger partial charge on any atom is -0.493 e. The first-order valence-corrected chi connectivity index (χ1v) is 9.07. The molecule has 1 aliphatic rings. The zero-order valence-electron chi connectivity index (χ0n) is 16.2. The summed E-state index contributed by atoms with van der Waals surface area (Å²) in [7, 11) is 3.07. The first kappa shape index (κ1) is 20.2. The third-order valence-corrected chi connectivity index (χ3v) is 4.68. The Hall–Kier alpha value is -3.55. The first-order chi connectivity index (χ1) is 14.0. The first-order valence-electron chi connectivity index (χ1n) is 9.07. The summed E-state index contributed by atoms with van der Waals surface area (Å²) in [5, 5.41) is 2.49. The van der Waals surface area contributed by atoms with Crippen LogP contribution in [0, 0.1) is 0 Å². The Bertz CT molecular complexity index is 899. The molecule has 3 rings (SSSR count). The largest absolute Gasteiger partial charge is 0.493 e. The van der Waals surface area contributed by atoms with Crippen LogP contribution in [0.25, 0.3) is 0 Å². The minimum atomic E-state index is -0.983. The number of alkyl carbamates (subject to hydrolysis) is 1. The molecule has 1 fully saturated rings. The van der Waals surface area contributed by atoms with Crippen LogP contribution in [0.4, 0.5) is 9.59 Å². The van der Waals surface area contributed by atoms with Gasteiger partial charge < -0.3 is 19.5 Å². The molecule has 0 aliphatic carbocycles. The Labute approximate surface area is 168 Å². The van der Waals surface area contributed by atoms with Crippen molar-refractivity contribution in [1.82, 2.24) is 10.2 Å². The van der Waals surface area contributed by atoms with Crippen LogP contribution in [0.1, 0.15) is 23.5 Å². The normalized spacial score (nSPS) is 15.7. The summed E-state index contributed by atoms with van der Waals surface area (Å²) >= 11 is 0. The van der Waals surface area contributed by atoms with Gasteiger partial charge in [0.25, 0.3) is 0 Å². The van der Waals surface area contributed by atoms with E-state index in [1.165, 1.54) is 14.2 Å². The summed E-state index contributed by atoms with van der Waals surface area (Å²) in [6.07, 6.45) is -1.75. The van der Waals surface area contributed by atoms with E-state index < -0.39 is 18.1 Å². The number of nitrogens with one attached hydrogen (secondary N) is 1. The highest BCUT2D eigenvalue weighted by molar-refractivity contribution is 5.97. The molecule has 0 spiro atoms. The number of likely N-dealkylation sites (tertiary alicyclic amines) is 1. The highest BCUT2D eigenvalue weighted by Gasteiger charge is 2.36. The Morgan fingerprint density at radius 3 is 2.48 bits per heavy atom. The Morgan fingerprint density at radius 1 is 1.07 bits per heavy atom. The molecule has 1 N–H and O–H groups in total. The van der Waals surface area contributed by atoms with Crippen LogP contribution in [0.3, 0.4) is 0 Å². The fraction of sp³-hybridized carbons (Fsp3) is 0.286. The molecule has 1 heterocycles. The van der Waals surface area contributed by atoms with Gasteiger partial charge in [0.1, 0.15) is 0 Å². The van der Waals surface area contributed by atoms with Gasteiger partial charge in [-0.05, 0) is 23.3 Å². The van der Waals surface area contributed by atoms with Gasteiger partial charge in [0.2, 0.25) is 5.91 Å². The van der Waals surface area contributed by atoms with E-state index in [9.17, 15) is 14.4 Å². The number of amides is 3. The van der Waals surface area contributed by atoms with Gasteiger partial charge in [-0.2, -0.15) is 0 Å². The molecule has 2 aromatic rings. The quantitative estimate of drug-likeness (QED) is 0.778. The fourth-order valence-corrected chi connectivity index (χ4v) is 3.15. The summed E-state index contributed by atoms with van der Waals surface area (Å²) < 4.78 is 15.3. The molecular weight excluding hydrogens is 376 g/mol. The molecular formula is C21H22N2O6. The van der Waals surface area contributed by atoms with Crippen LogP contribution < -0.4 is 14.8 Å². The van der Waals surface area contributed by atoms with Crippen molar-refractivity contribution in [3.63, 3.8) is 0 Å². The minimum absolute atomic E-state index is 0.124. The molecule has 1 aliphatic heterocycles. The van der Waals surface area contributed by atoms with Gasteiger partial charge in [-0.15, -0.1) is 0 Å². The predicted molar refractivity (Wildman–Crippen MR) is 104 cm³/mol. The maximum absolute atomic E-state index is 12.3. The van der Waals surface area contributed by atoms with Crippen molar-refractivity contribution in [2.75, 3.05) is 20.8 Å². The molecule has 8 heteroatoms. The third-order valence-electron chi connectivity index (χ3n) is 4.68. The number of nitrogens with zero attached hydrogens (tertiary/aromatic N) is 1. The number of ether oxygens (including phenoxy) is 3. The van der Waals surface area contributed by atoms with Crippen molar-refractivity contribution in [3.05, 3.63) is 59.7 Å². The molecule has 1 saturated heterocycles. The molecule has 1 atom stereocenters. The van der Waals surface area contributed by atoms with Gasteiger partial charge in [-0.3, -0.25) is 4.79 Å². The van der Waals surface area contributed by atoms with Crippen LogP contribution in [0.2, 0.25) is 0 Å². The molecule has 152 valence electrons. The van der Waals surface area contributed by atoms with Crippen molar-refractivity contribution in [1.29, 1.82) is 0 Å². The number of hydrogen-bond donors (Lipinski definition) is 1. The van der Waals surface area contributed by atoms with Gasteiger partial charge >= 0.3 is 12.2 Å². The third kappa shape index (κ3) is 4.84. The Balaban J connectivity index is 1.58. The molecule has 0 radical (unpaired) electrons. The smallest absolute Gasteiger partial charge is 0.425 e. The van der Waals surface area contributed by atoms with Crippen LogP contribution in [0.15, 0.2) is 48.5 Å². The lowest BCUT2D eigenvalue weighted by Gasteiger charge is -2.15. The lowest BCUT2D eigenvalue weighted by Crippen LogP contribution is -2.37. The van der Waals surface area contributed by atoms with Crippen LogP contribution in [0.5, 0.6) is 11.5 Å². The average Bonchev–Trinajstić information content (AvgIpc) is 3.14. The van der Waals surface area contributed by atoms with Gasteiger partial charge in [-0.25, -0.2) is 14.5 Å². The van der Waals surface area contributed by atoms with Gasteiger partial charge in [-0.1, -0.05) is 36.4 Å². The summed E-state index contributed by atoms with van der Waals surface area (Å²) in [4.78, 5) is 37.4. The molecule has 2 aromatic carbocycles. The highest BCUT2D eigenvalue weighted by Crippen LogP contribution is 2.34. The summed E-state index contributed by atoms with van der Waals surface area (Å²) in [6, 6.07) is 14.5. The zero-order chi connectivity index (χ0) is 20.8. The molecule has 3 amide bonds. The molecule has 8 nitrogen and oxygen atoms in total. The fourth-order valence-electron chi connectivity index (χ4n) is 3.15. The molecule has 1 unspecified atom stereocenters.